The monoisotopic (exact) mass is 327 g/mol. The molecule has 2 aromatic rings. The van der Waals surface area contributed by atoms with Crippen molar-refractivity contribution in [3.63, 3.8) is 0 Å². The van der Waals surface area contributed by atoms with Crippen molar-refractivity contribution in [1.82, 2.24) is 9.88 Å². The van der Waals surface area contributed by atoms with Crippen LogP contribution in [0.4, 0.5) is 5.69 Å². The first kappa shape index (κ1) is 16.3. The van der Waals surface area contributed by atoms with E-state index < -0.39 is 0 Å². The number of amides is 1. The minimum atomic E-state index is -0.00765. The summed E-state index contributed by atoms with van der Waals surface area (Å²) in [5.74, 6) is 0.824. The number of pyridine rings is 1. The van der Waals surface area contributed by atoms with Crippen LogP contribution in [-0.4, -0.2) is 49.2 Å². The van der Waals surface area contributed by atoms with E-state index in [0.717, 1.165) is 17.0 Å². The lowest BCUT2D eigenvalue weighted by atomic mass is 10.2. The number of aromatic nitrogens is 1. The maximum atomic E-state index is 12.5. The molecule has 1 N–H and O–H groups in total. The number of carbonyl (C=O) groups excluding carboxylic acids is 1. The number of nitrogens with zero attached hydrogens (tertiary/aromatic N) is 2. The molecule has 1 fully saturated rings. The fourth-order valence-electron chi connectivity index (χ4n) is 2.65. The third-order valence-corrected chi connectivity index (χ3v) is 3.96. The van der Waals surface area contributed by atoms with Crippen LogP contribution in [0.1, 0.15) is 15.9 Å². The second-order valence-electron chi connectivity index (χ2n) is 5.53. The molecule has 3 rings (SSSR count). The summed E-state index contributed by atoms with van der Waals surface area (Å²) in [5.41, 5.74) is 2.44. The Labute approximate surface area is 141 Å². The van der Waals surface area contributed by atoms with Crippen molar-refractivity contribution in [2.75, 3.05) is 38.7 Å². The normalized spacial score (nSPS) is 14.3. The summed E-state index contributed by atoms with van der Waals surface area (Å²) in [6.07, 6.45) is 3.32. The van der Waals surface area contributed by atoms with E-state index in [2.05, 4.69) is 10.3 Å². The van der Waals surface area contributed by atoms with Gasteiger partial charge in [-0.15, -0.1) is 0 Å². The topological polar surface area (TPSA) is 63.7 Å². The Morgan fingerprint density at radius 2 is 2.08 bits per heavy atom. The Morgan fingerprint density at radius 1 is 1.29 bits per heavy atom. The molecular weight excluding hydrogens is 306 g/mol. The molecule has 0 atom stereocenters. The maximum absolute atomic E-state index is 12.5. The van der Waals surface area contributed by atoms with E-state index in [1.54, 1.807) is 24.4 Å². The van der Waals surface area contributed by atoms with Crippen LogP contribution in [0.25, 0.3) is 0 Å². The number of hydrogen-bond acceptors (Lipinski definition) is 5. The molecular formula is C18H21N3O3. The van der Waals surface area contributed by atoms with E-state index in [9.17, 15) is 4.79 Å². The number of morpholine rings is 1. The van der Waals surface area contributed by atoms with Gasteiger partial charge in [-0.1, -0.05) is 18.2 Å². The van der Waals surface area contributed by atoms with Gasteiger partial charge < -0.3 is 19.7 Å². The van der Waals surface area contributed by atoms with Crippen molar-refractivity contribution >= 4 is 11.6 Å². The highest BCUT2D eigenvalue weighted by molar-refractivity contribution is 5.94. The smallest absolute Gasteiger partial charge is 0.255 e. The summed E-state index contributed by atoms with van der Waals surface area (Å²) in [4.78, 5) is 18.5. The fourth-order valence-corrected chi connectivity index (χ4v) is 2.65. The Balaban J connectivity index is 1.67. The number of nitrogens with one attached hydrogen (secondary N) is 1. The van der Waals surface area contributed by atoms with Gasteiger partial charge in [-0.3, -0.25) is 9.78 Å². The number of benzene rings is 1. The minimum absolute atomic E-state index is 0.00765. The molecule has 0 saturated carbocycles. The van der Waals surface area contributed by atoms with Crippen LogP contribution >= 0.6 is 0 Å². The van der Waals surface area contributed by atoms with Gasteiger partial charge in [0, 0.05) is 37.6 Å². The van der Waals surface area contributed by atoms with E-state index in [1.807, 2.05) is 30.3 Å². The highest BCUT2D eigenvalue weighted by Crippen LogP contribution is 2.19. The molecule has 126 valence electrons. The van der Waals surface area contributed by atoms with Crippen LogP contribution < -0.4 is 10.1 Å². The van der Waals surface area contributed by atoms with Gasteiger partial charge in [0.05, 0.1) is 31.6 Å². The molecule has 2 heterocycles. The highest BCUT2D eigenvalue weighted by atomic mass is 16.5. The van der Waals surface area contributed by atoms with Crippen LogP contribution in [0, 0.1) is 0 Å². The van der Waals surface area contributed by atoms with Crippen molar-refractivity contribution in [3.05, 3.63) is 53.9 Å². The van der Waals surface area contributed by atoms with Crippen LogP contribution in [-0.2, 0) is 11.3 Å². The zero-order valence-corrected chi connectivity index (χ0v) is 13.7. The molecule has 1 aliphatic heterocycles. The number of rotatable bonds is 5. The SMILES string of the molecule is COc1ccccc1CNc1cncc(C(=O)N2CCOCC2)c1. The van der Waals surface area contributed by atoms with Gasteiger partial charge in [-0.05, 0) is 12.1 Å². The lowest BCUT2D eigenvalue weighted by molar-refractivity contribution is 0.0302. The molecule has 1 saturated heterocycles. The predicted molar refractivity (Wildman–Crippen MR) is 91.3 cm³/mol. The van der Waals surface area contributed by atoms with Gasteiger partial charge in [-0.2, -0.15) is 0 Å². The van der Waals surface area contributed by atoms with Gasteiger partial charge in [0.25, 0.3) is 5.91 Å². The van der Waals surface area contributed by atoms with Crippen LogP contribution in [0.5, 0.6) is 5.75 Å². The van der Waals surface area contributed by atoms with Crippen LogP contribution in [0.3, 0.4) is 0 Å². The molecule has 0 unspecified atom stereocenters. The molecule has 0 bridgehead atoms. The second kappa shape index (κ2) is 7.79. The van der Waals surface area contributed by atoms with Crippen LogP contribution in [0.2, 0.25) is 0 Å². The quantitative estimate of drug-likeness (QED) is 0.912. The number of hydrogen-bond donors (Lipinski definition) is 1. The van der Waals surface area contributed by atoms with Gasteiger partial charge in [-0.25, -0.2) is 0 Å². The van der Waals surface area contributed by atoms with Crippen molar-refractivity contribution in [1.29, 1.82) is 0 Å². The Hall–Kier alpha value is -2.60. The summed E-state index contributed by atoms with van der Waals surface area (Å²) in [6, 6.07) is 9.66. The first-order valence-electron chi connectivity index (χ1n) is 7.96. The molecule has 24 heavy (non-hydrogen) atoms. The van der Waals surface area contributed by atoms with Gasteiger partial charge >= 0.3 is 0 Å². The van der Waals surface area contributed by atoms with Gasteiger partial charge in [0.2, 0.25) is 0 Å². The number of para-hydroxylation sites is 1. The minimum Gasteiger partial charge on any atom is -0.496 e. The molecule has 1 aromatic heterocycles. The summed E-state index contributed by atoms with van der Waals surface area (Å²) >= 11 is 0. The third-order valence-electron chi connectivity index (χ3n) is 3.96. The molecule has 1 amide bonds. The average Bonchev–Trinajstić information content (AvgIpc) is 2.67. The average molecular weight is 327 g/mol. The molecule has 0 spiro atoms. The van der Waals surface area contributed by atoms with Gasteiger partial charge in [0.15, 0.2) is 0 Å². The molecule has 6 heteroatoms. The maximum Gasteiger partial charge on any atom is 0.255 e. The van der Waals surface area contributed by atoms with E-state index >= 15 is 0 Å². The highest BCUT2D eigenvalue weighted by Gasteiger charge is 2.19. The number of methoxy groups -OCH3 is 1. The Morgan fingerprint density at radius 3 is 2.88 bits per heavy atom. The van der Waals surface area contributed by atoms with E-state index in [0.29, 0.717) is 38.4 Å². The molecule has 0 radical (unpaired) electrons. The Kier molecular flexibility index (Phi) is 5.28. The number of carbonyl (C=O) groups is 1. The van der Waals surface area contributed by atoms with Crippen molar-refractivity contribution < 1.29 is 14.3 Å². The zero-order valence-electron chi connectivity index (χ0n) is 13.7. The summed E-state index contributed by atoms with van der Waals surface area (Å²) in [5, 5.41) is 3.30. The van der Waals surface area contributed by atoms with Crippen LogP contribution in [0.15, 0.2) is 42.7 Å². The predicted octanol–water partition coefficient (Wildman–Crippen LogP) is 2.17. The molecule has 1 aliphatic rings. The van der Waals surface area contributed by atoms with E-state index in [-0.39, 0.29) is 5.91 Å². The van der Waals surface area contributed by atoms with E-state index in [1.165, 1.54) is 0 Å². The second-order valence-corrected chi connectivity index (χ2v) is 5.53. The molecule has 6 nitrogen and oxygen atoms in total. The first-order valence-corrected chi connectivity index (χ1v) is 7.96. The summed E-state index contributed by atoms with van der Waals surface area (Å²) < 4.78 is 10.6. The standard InChI is InChI=1S/C18H21N3O3/c1-23-17-5-3-2-4-14(17)12-20-16-10-15(11-19-13-16)18(22)21-6-8-24-9-7-21/h2-5,10-11,13,20H,6-9,12H2,1H3. The molecule has 0 aliphatic carbocycles. The van der Waals surface area contributed by atoms with Gasteiger partial charge in [0.1, 0.15) is 5.75 Å². The summed E-state index contributed by atoms with van der Waals surface area (Å²) in [7, 11) is 1.65. The number of anilines is 1. The van der Waals surface area contributed by atoms with E-state index in [4.69, 9.17) is 9.47 Å². The van der Waals surface area contributed by atoms with Crippen molar-refractivity contribution in [2.24, 2.45) is 0 Å². The first-order chi connectivity index (χ1) is 11.8. The van der Waals surface area contributed by atoms with Crippen molar-refractivity contribution in [2.45, 2.75) is 6.54 Å². The lowest BCUT2D eigenvalue weighted by Gasteiger charge is -2.26. The summed E-state index contributed by atoms with van der Waals surface area (Å²) in [6.45, 7) is 3.02. The number of ether oxygens (including phenoxy) is 2. The third kappa shape index (κ3) is 3.83. The van der Waals surface area contributed by atoms with Crippen molar-refractivity contribution in [3.8, 4) is 5.75 Å². The largest absolute Gasteiger partial charge is 0.496 e. The Bertz CT molecular complexity index is 699. The fraction of sp³-hybridized carbons (Fsp3) is 0.333. The zero-order chi connectivity index (χ0) is 16.8. The molecule has 1 aromatic carbocycles. The lowest BCUT2D eigenvalue weighted by Crippen LogP contribution is -2.40.